The Kier molecular flexibility index (Phi) is 8.23. The van der Waals surface area contributed by atoms with E-state index in [0.29, 0.717) is 16.8 Å². The van der Waals surface area contributed by atoms with Gasteiger partial charge in [-0.25, -0.2) is 9.89 Å². The minimum Gasteiger partial charge on any atom is -0.431 e. The van der Waals surface area contributed by atoms with E-state index in [1.165, 1.54) is 18.5 Å². The predicted molar refractivity (Wildman–Crippen MR) is 116 cm³/mol. The first-order valence-corrected chi connectivity index (χ1v) is 9.87. The van der Waals surface area contributed by atoms with E-state index >= 15 is 0 Å². The van der Waals surface area contributed by atoms with Crippen molar-refractivity contribution in [1.82, 2.24) is 9.88 Å². The zero-order valence-electron chi connectivity index (χ0n) is 17.6. The highest BCUT2D eigenvalue weighted by Gasteiger charge is 2.23. The fourth-order valence-corrected chi connectivity index (χ4v) is 3.19. The summed E-state index contributed by atoms with van der Waals surface area (Å²) in [5, 5.41) is 9.71. The second kappa shape index (κ2) is 11.5. The van der Waals surface area contributed by atoms with Crippen molar-refractivity contribution in [1.29, 1.82) is 5.26 Å². The Morgan fingerprint density at radius 2 is 1.59 bits per heavy atom. The van der Waals surface area contributed by atoms with Crippen molar-refractivity contribution < 1.29 is 27.0 Å². The molecule has 2 aromatic carbocycles. The van der Waals surface area contributed by atoms with Gasteiger partial charge in [-0.3, -0.25) is 4.98 Å². The molecule has 1 unspecified atom stereocenters. The summed E-state index contributed by atoms with van der Waals surface area (Å²) < 4.78 is 59.9. The lowest BCUT2D eigenvalue weighted by atomic mass is 9.91. The van der Waals surface area contributed by atoms with Crippen molar-refractivity contribution in [3.8, 4) is 17.7 Å². The number of halogens is 4. The van der Waals surface area contributed by atoms with E-state index in [2.05, 4.69) is 19.5 Å². The van der Waals surface area contributed by atoms with Crippen LogP contribution in [-0.4, -0.2) is 35.6 Å². The van der Waals surface area contributed by atoms with Crippen LogP contribution in [0.4, 0.5) is 23.2 Å². The molecule has 0 saturated carbocycles. The van der Waals surface area contributed by atoms with Crippen LogP contribution in [0, 0.1) is 11.5 Å². The number of guanidine groups is 1. The van der Waals surface area contributed by atoms with Gasteiger partial charge in [0.05, 0.1) is 5.69 Å². The summed E-state index contributed by atoms with van der Waals surface area (Å²) in [6.07, 6.45) is 5.00. The number of hydrogen-bond acceptors (Lipinski definition) is 5. The van der Waals surface area contributed by atoms with Crippen LogP contribution >= 0.6 is 0 Å². The highest BCUT2D eigenvalue weighted by molar-refractivity contribution is 5.82. The van der Waals surface area contributed by atoms with Crippen molar-refractivity contribution in [3.63, 3.8) is 0 Å². The number of rotatable bonds is 9. The lowest BCUT2D eigenvalue weighted by Gasteiger charge is -2.24. The molecule has 0 aliphatic carbocycles. The van der Waals surface area contributed by atoms with Crippen LogP contribution in [0.1, 0.15) is 17.0 Å². The lowest BCUT2D eigenvalue weighted by Crippen LogP contribution is -2.36. The van der Waals surface area contributed by atoms with E-state index in [1.807, 2.05) is 6.19 Å². The van der Waals surface area contributed by atoms with Gasteiger partial charge in [0.1, 0.15) is 0 Å². The molecular formula is C23H19F4N5O2. The van der Waals surface area contributed by atoms with Crippen LogP contribution in [-0.2, 0) is 0 Å². The average molecular weight is 473 g/mol. The van der Waals surface area contributed by atoms with E-state index in [-0.39, 0.29) is 12.5 Å². The third-order valence-electron chi connectivity index (χ3n) is 4.67. The number of nitriles is 1. The molecule has 176 valence electrons. The molecular weight excluding hydrogens is 454 g/mol. The number of aliphatic imine (C=N–C) groups is 1. The SMILES string of the molecule is N#CN(CC(c1ccncc1)c1ccc(OC(F)F)c(OC(F)F)c1)C(N)=Nc1ccccc1. The first-order chi connectivity index (χ1) is 16.4. The maximum Gasteiger partial charge on any atom is 0.387 e. The quantitative estimate of drug-likeness (QED) is 0.157. The highest BCUT2D eigenvalue weighted by Crippen LogP contribution is 2.35. The predicted octanol–water partition coefficient (Wildman–Crippen LogP) is 4.85. The van der Waals surface area contributed by atoms with Crippen LogP contribution in [0.5, 0.6) is 11.5 Å². The van der Waals surface area contributed by atoms with Crippen molar-refractivity contribution in [2.75, 3.05) is 6.54 Å². The molecule has 0 saturated heterocycles. The van der Waals surface area contributed by atoms with E-state index < -0.39 is 30.6 Å². The normalized spacial score (nSPS) is 12.3. The van der Waals surface area contributed by atoms with Gasteiger partial charge >= 0.3 is 13.2 Å². The van der Waals surface area contributed by atoms with Crippen molar-refractivity contribution >= 4 is 11.6 Å². The number of nitrogens with two attached hydrogens (primary N) is 1. The fourth-order valence-electron chi connectivity index (χ4n) is 3.19. The number of benzene rings is 2. The zero-order chi connectivity index (χ0) is 24.5. The Bertz CT molecular complexity index is 1140. The number of nitrogens with zero attached hydrogens (tertiary/aromatic N) is 4. The molecule has 1 aromatic heterocycles. The zero-order valence-corrected chi connectivity index (χ0v) is 17.6. The van der Waals surface area contributed by atoms with Gasteiger partial charge in [-0.05, 0) is 47.5 Å². The molecule has 7 nitrogen and oxygen atoms in total. The molecule has 11 heteroatoms. The minimum atomic E-state index is -3.26. The first-order valence-electron chi connectivity index (χ1n) is 9.87. The van der Waals surface area contributed by atoms with Gasteiger partial charge < -0.3 is 15.2 Å². The number of ether oxygens (including phenoxy) is 2. The highest BCUT2D eigenvalue weighted by atomic mass is 19.3. The number of para-hydroxylation sites is 1. The molecule has 1 atom stereocenters. The van der Waals surface area contributed by atoms with Crippen LogP contribution < -0.4 is 15.2 Å². The van der Waals surface area contributed by atoms with Gasteiger partial charge in [0, 0.05) is 24.9 Å². The van der Waals surface area contributed by atoms with E-state index in [0.717, 1.165) is 17.0 Å². The summed E-state index contributed by atoms with van der Waals surface area (Å²) in [6, 6.07) is 15.8. The molecule has 2 N–H and O–H groups in total. The molecule has 0 bridgehead atoms. The van der Waals surface area contributed by atoms with Crippen LogP contribution in [0.2, 0.25) is 0 Å². The van der Waals surface area contributed by atoms with Gasteiger partial charge in [-0.15, -0.1) is 0 Å². The molecule has 34 heavy (non-hydrogen) atoms. The topological polar surface area (TPSA) is 96.8 Å². The minimum absolute atomic E-state index is 0.0359. The van der Waals surface area contributed by atoms with E-state index in [1.54, 1.807) is 42.5 Å². The summed E-state index contributed by atoms with van der Waals surface area (Å²) >= 11 is 0. The van der Waals surface area contributed by atoms with Gasteiger partial charge in [0.2, 0.25) is 5.96 Å². The second-order valence-corrected chi connectivity index (χ2v) is 6.81. The molecule has 0 aliphatic heterocycles. The van der Waals surface area contributed by atoms with E-state index in [4.69, 9.17) is 5.73 Å². The number of alkyl halides is 4. The van der Waals surface area contributed by atoms with Crippen LogP contribution in [0.15, 0.2) is 78.0 Å². The van der Waals surface area contributed by atoms with Crippen molar-refractivity contribution in [3.05, 3.63) is 84.2 Å². The summed E-state index contributed by atoms with van der Waals surface area (Å²) in [5.41, 5.74) is 7.63. The number of pyridine rings is 1. The van der Waals surface area contributed by atoms with Gasteiger partial charge in [0.25, 0.3) is 0 Å². The summed E-state index contributed by atoms with van der Waals surface area (Å²) in [4.78, 5) is 9.33. The summed E-state index contributed by atoms with van der Waals surface area (Å²) in [5.74, 6) is -1.82. The lowest BCUT2D eigenvalue weighted by molar-refractivity contribution is -0.0692. The largest absolute Gasteiger partial charge is 0.431 e. The molecule has 3 rings (SSSR count). The van der Waals surface area contributed by atoms with Crippen LogP contribution in [0.3, 0.4) is 0 Å². The van der Waals surface area contributed by atoms with E-state index in [9.17, 15) is 22.8 Å². The summed E-state index contributed by atoms with van der Waals surface area (Å²) in [7, 11) is 0. The van der Waals surface area contributed by atoms with Crippen LogP contribution in [0.25, 0.3) is 0 Å². The number of hydrogen-bond donors (Lipinski definition) is 1. The Labute approximate surface area is 192 Å². The molecule has 0 aliphatic rings. The van der Waals surface area contributed by atoms with Gasteiger partial charge in [-0.2, -0.15) is 22.8 Å². The second-order valence-electron chi connectivity index (χ2n) is 6.81. The Balaban J connectivity index is 2.00. The van der Waals surface area contributed by atoms with Gasteiger partial charge in [0.15, 0.2) is 17.7 Å². The molecule has 0 spiro atoms. The average Bonchev–Trinajstić information content (AvgIpc) is 2.81. The molecule has 1 heterocycles. The first kappa shape index (κ1) is 24.3. The van der Waals surface area contributed by atoms with Crippen molar-refractivity contribution in [2.45, 2.75) is 19.1 Å². The Hall–Kier alpha value is -4.33. The molecule has 0 fully saturated rings. The smallest absolute Gasteiger partial charge is 0.387 e. The summed E-state index contributed by atoms with van der Waals surface area (Å²) in [6.45, 7) is -6.53. The standard InChI is InChI=1S/C23H19F4N5O2/c24-21(25)33-19-7-6-16(12-20(19)34-22(26)27)18(15-8-10-30-11-9-15)13-32(14-28)23(29)31-17-4-2-1-3-5-17/h1-12,18,21-22H,13H2,(H2,29,31). The van der Waals surface area contributed by atoms with Gasteiger partial charge in [-0.1, -0.05) is 24.3 Å². The monoisotopic (exact) mass is 473 g/mol. The Morgan fingerprint density at radius 3 is 2.21 bits per heavy atom. The number of aromatic nitrogens is 1. The molecule has 0 radical (unpaired) electrons. The third kappa shape index (κ3) is 6.59. The maximum absolute atomic E-state index is 12.9. The molecule has 3 aromatic rings. The molecule has 0 amide bonds. The van der Waals surface area contributed by atoms with Crippen molar-refractivity contribution in [2.24, 2.45) is 10.7 Å². The Morgan fingerprint density at radius 1 is 0.941 bits per heavy atom. The fraction of sp³-hybridized carbons (Fsp3) is 0.174. The maximum atomic E-state index is 12.9. The third-order valence-corrected chi connectivity index (χ3v) is 4.67.